The molecule has 2 N–H and O–H groups in total. The lowest BCUT2D eigenvalue weighted by Crippen LogP contribution is -2.27. The second-order valence-corrected chi connectivity index (χ2v) is 4.88. The second kappa shape index (κ2) is 6.10. The molecule has 102 valence electrons. The van der Waals surface area contributed by atoms with Crippen LogP contribution in [0.3, 0.4) is 0 Å². The lowest BCUT2D eigenvalue weighted by atomic mass is 10.2. The third-order valence-electron chi connectivity index (χ3n) is 2.00. The Labute approximate surface area is 112 Å². The number of hydrogen-bond donors (Lipinski definition) is 2. The van der Waals surface area contributed by atoms with E-state index in [4.69, 9.17) is 11.2 Å². The van der Waals surface area contributed by atoms with Crippen LogP contribution in [0.1, 0.15) is 20.8 Å². The molecule has 1 aromatic rings. The van der Waals surface area contributed by atoms with E-state index in [-0.39, 0.29) is 5.69 Å². The van der Waals surface area contributed by atoms with Gasteiger partial charge in [0.05, 0.1) is 12.2 Å². The highest BCUT2D eigenvalue weighted by Gasteiger charge is 2.17. The minimum absolute atomic E-state index is 0.0382. The Morgan fingerprint density at radius 3 is 2.74 bits per heavy atom. The number of halogens is 1. The predicted octanol–water partition coefficient (Wildman–Crippen LogP) is 3.22. The molecule has 0 aromatic heterocycles. The van der Waals surface area contributed by atoms with E-state index in [2.05, 4.69) is 16.6 Å². The first kappa shape index (κ1) is 14.8. The third-order valence-corrected chi connectivity index (χ3v) is 2.00. The average molecular weight is 264 g/mol. The van der Waals surface area contributed by atoms with E-state index in [0.29, 0.717) is 12.2 Å². The van der Waals surface area contributed by atoms with Crippen molar-refractivity contribution in [3.63, 3.8) is 0 Å². The molecule has 5 heteroatoms. The first-order valence-corrected chi connectivity index (χ1v) is 5.79. The number of carbonyl (C=O) groups excluding carboxylic acids is 1. The van der Waals surface area contributed by atoms with E-state index < -0.39 is 17.5 Å². The molecule has 1 rings (SSSR count). The number of anilines is 2. The maximum Gasteiger partial charge on any atom is 0.412 e. The molecule has 0 heterocycles. The highest BCUT2D eigenvalue weighted by atomic mass is 19.1. The summed E-state index contributed by atoms with van der Waals surface area (Å²) < 4.78 is 18.6. The minimum atomic E-state index is -0.708. The van der Waals surface area contributed by atoms with Crippen LogP contribution in [0.25, 0.3) is 0 Å². The largest absolute Gasteiger partial charge is 0.444 e. The molecule has 0 aliphatic carbocycles. The smallest absolute Gasteiger partial charge is 0.412 e. The fourth-order valence-electron chi connectivity index (χ4n) is 1.30. The van der Waals surface area contributed by atoms with Gasteiger partial charge < -0.3 is 10.1 Å². The number of hydrogen-bond acceptors (Lipinski definition) is 3. The van der Waals surface area contributed by atoms with Crippen LogP contribution in [0.15, 0.2) is 18.2 Å². The Kier molecular flexibility index (Phi) is 4.76. The molecule has 0 saturated carbocycles. The van der Waals surface area contributed by atoms with Gasteiger partial charge in [0.2, 0.25) is 0 Å². The zero-order valence-corrected chi connectivity index (χ0v) is 11.2. The van der Waals surface area contributed by atoms with Crippen molar-refractivity contribution in [2.45, 2.75) is 26.4 Å². The number of carbonyl (C=O) groups is 1. The van der Waals surface area contributed by atoms with Gasteiger partial charge in [0, 0.05) is 5.69 Å². The normalized spacial score (nSPS) is 10.5. The summed E-state index contributed by atoms with van der Waals surface area (Å²) in [6.07, 6.45) is 4.41. The molecule has 0 bridgehead atoms. The summed E-state index contributed by atoms with van der Waals surface area (Å²) in [7, 11) is 0. The van der Waals surface area contributed by atoms with Crippen molar-refractivity contribution < 1.29 is 13.9 Å². The van der Waals surface area contributed by atoms with Gasteiger partial charge in [0.1, 0.15) is 11.4 Å². The summed E-state index contributed by atoms with van der Waals surface area (Å²) in [6.45, 7) is 5.51. The van der Waals surface area contributed by atoms with Crippen molar-refractivity contribution in [1.82, 2.24) is 0 Å². The lowest BCUT2D eigenvalue weighted by Gasteiger charge is -2.20. The summed E-state index contributed by atoms with van der Waals surface area (Å²) in [5.41, 5.74) is 0.0153. The van der Waals surface area contributed by atoms with E-state index in [9.17, 15) is 9.18 Å². The van der Waals surface area contributed by atoms with Crippen LogP contribution in [0.5, 0.6) is 0 Å². The van der Waals surface area contributed by atoms with Gasteiger partial charge >= 0.3 is 6.09 Å². The SMILES string of the molecule is C#CCNc1ccc(F)c(NC(=O)OC(C)(C)C)c1. The Morgan fingerprint density at radius 1 is 1.47 bits per heavy atom. The van der Waals surface area contributed by atoms with Crippen LogP contribution in [0.2, 0.25) is 0 Å². The summed E-state index contributed by atoms with van der Waals surface area (Å²) in [5, 5.41) is 5.24. The minimum Gasteiger partial charge on any atom is -0.444 e. The first-order valence-electron chi connectivity index (χ1n) is 5.79. The van der Waals surface area contributed by atoms with Gasteiger partial charge in [0.25, 0.3) is 0 Å². The molecule has 0 aliphatic heterocycles. The van der Waals surface area contributed by atoms with Gasteiger partial charge in [-0.15, -0.1) is 6.42 Å². The van der Waals surface area contributed by atoms with Crippen molar-refractivity contribution in [3.05, 3.63) is 24.0 Å². The number of rotatable bonds is 3. The van der Waals surface area contributed by atoms with Gasteiger partial charge in [-0.3, -0.25) is 5.32 Å². The Balaban J connectivity index is 2.77. The van der Waals surface area contributed by atoms with Gasteiger partial charge in [-0.2, -0.15) is 0 Å². The lowest BCUT2D eigenvalue weighted by molar-refractivity contribution is 0.0635. The van der Waals surface area contributed by atoms with Gasteiger partial charge in [-0.1, -0.05) is 5.92 Å². The molecule has 19 heavy (non-hydrogen) atoms. The fraction of sp³-hybridized carbons (Fsp3) is 0.357. The fourth-order valence-corrected chi connectivity index (χ4v) is 1.30. The summed E-state index contributed by atoms with van der Waals surface area (Å²) in [5.74, 6) is 1.86. The van der Waals surface area contributed by atoms with Crippen LogP contribution in [-0.2, 0) is 4.74 Å². The molecule has 0 fully saturated rings. The van der Waals surface area contributed by atoms with Gasteiger partial charge in [0.15, 0.2) is 0 Å². The molecule has 0 aliphatic rings. The Hall–Kier alpha value is -2.22. The highest BCUT2D eigenvalue weighted by Crippen LogP contribution is 2.20. The predicted molar refractivity (Wildman–Crippen MR) is 73.6 cm³/mol. The van der Waals surface area contributed by atoms with Crippen LogP contribution in [0, 0.1) is 18.2 Å². The Morgan fingerprint density at radius 2 is 2.16 bits per heavy atom. The molecule has 0 saturated heterocycles. The van der Waals surface area contributed by atoms with Crippen LogP contribution >= 0.6 is 0 Å². The third kappa shape index (κ3) is 5.30. The van der Waals surface area contributed by atoms with Crippen molar-refractivity contribution in [2.75, 3.05) is 17.2 Å². The van der Waals surface area contributed by atoms with Crippen LogP contribution in [-0.4, -0.2) is 18.2 Å². The van der Waals surface area contributed by atoms with Gasteiger partial charge in [-0.05, 0) is 39.0 Å². The maximum absolute atomic E-state index is 13.5. The summed E-state index contributed by atoms with van der Waals surface area (Å²) in [4.78, 5) is 11.6. The average Bonchev–Trinajstić information content (AvgIpc) is 2.27. The molecule has 0 spiro atoms. The molecule has 0 atom stereocenters. The van der Waals surface area contributed by atoms with E-state index in [1.165, 1.54) is 18.2 Å². The second-order valence-electron chi connectivity index (χ2n) is 4.88. The number of ether oxygens (including phenoxy) is 1. The maximum atomic E-state index is 13.5. The topological polar surface area (TPSA) is 50.4 Å². The quantitative estimate of drug-likeness (QED) is 0.824. The van der Waals surface area contributed by atoms with Crippen molar-refractivity contribution in [3.8, 4) is 12.3 Å². The van der Waals surface area contributed by atoms with E-state index in [1.807, 2.05) is 0 Å². The monoisotopic (exact) mass is 264 g/mol. The van der Waals surface area contributed by atoms with Crippen molar-refractivity contribution in [1.29, 1.82) is 0 Å². The summed E-state index contributed by atoms with van der Waals surface area (Å²) >= 11 is 0. The number of amides is 1. The zero-order chi connectivity index (χ0) is 14.5. The van der Waals surface area contributed by atoms with E-state index in [0.717, 1.165) is 0 Å². The molecular weight excluding hydrogens is 247 g/mol. The van der Waals surface area contributed by atoms with E-state index in [1.54, 1.807) is 20.8 Å². The van der Waals surface area contributed by atoms with Crippen molar-refractivity contribution >= 4 is 17.5 Å². The highest BCUT2D eigenvalue weighted by molar-refractivity contribution is 5.85. The molecule has 0 radical (unpaired) electrons. The first-order chi connectivity index (χ1) is 8.81. The molecule has 1 amide bonds. The standard InChI is InChI=1S/C14H17FN2O2/c1-5-8-16-10-6-7-11(15)12(9-10)17-13(18)19-14(2,3)4/h1,6-7,9,16H,8H2,2-4H3,(H,17,18). The molecule has 0 unspecified atom stereocenters. The zero-order valence-electron chi connectivity index (χ0n) is 11.2. The molecule has 1 aromatic carbocycles. The Bertz CT molecular complexity index is 501. The van der Waals surface area contributed by atoms with Crippen LogP contribution < -0.4 is 10.6 Å². The van der Waals surface area contributed by atoms with E-state index >= 15 is 0 Å². The number of benzene rings is 1. The number of terminal acetylenes is 1. The molecule has 4 nitrogen and oxygen atoms in total. The number of nitrogens with one attached hydrogen (secondary N) is 2. The van der Waals surface area contributed by atoms with Crippen LogP contribution in [0.4, 0.5) is 20.6 Å². The van der Waals surface area contributed by atoms with Crippen molar-refractivity contribution in [2.24, 2.45) is 0 Å². The summed E-state index contributed by atoms with van der Waals surface area (Å²) in [6, 6.07) is 4.23. The van der Waals surface area contributed by atoms with Gasteiger partial charge in [-0.25, -0.2) is 9.18 Å². The molecular formula is C14H17FN2O2.